The minimum atomic E-state index is -4.97. The first-order valence-corrected chi connectivity index (χ1v) is 45.2. The molecule has 0 spiro atoms. The van der Waals surface area contributed by atoms with Gasteiger partial charge in [0.25, 0.3) is 0 Å². The summed E-state index contributed by atoms with van der Waals surface area (Å²) >= 11 is 0. The van der Waals surface area contributed by atoms with E-state index in [1.165, 1.54) is 199 Å². The van der Waals surface area contributed by atoms with Gasteiger partial charge in [-0.2, -0.15) is 0 Å². The lowest BCUT2D eigenvalue weighted by atomic mass is 10.0. The van der Waals surface area contributed by atoms with E-state index in [0.29, 0.717) is 25.7 Å². The van der Waals surface area contributed by atoms with E-state index < -0.39 is 97.5 Å². The van der Waals surface area contributed by atoms with Crippen molar-refractivity contribution in [2.45, 2.75) is 431 Å². The lowest BCUT2D eigenvalue weighted by molar-refractivity contribution is -0.161. The minimum absolute atomic E-state index is 0.101. The van der Waals surface area contributed by atoms with Gasteiger partial charge in [0.1, 0.15) is 19.3 Å². The summed E-state index contributed by atoms with van der Waals surface area (Å²) < 4.78 is 68.8. The van der Waals surface area contributed by atoms with Gasteiger partial charge in [-0.25, -0.2) is 9.13 Å². The second-order valence-electron chi connectivity index (χ2n) is 28.8. The van der Waals surface area contributed by atoms with Crippen LogP contribution in [-0.2, 0) is 65.4 Å². The Kier molecular flexibility index (Phi) is 74.4. The normalized spacial score (nSPS) is 14.0. The number of allylic oxidation sites excluding steroid dienone is 6. The molecule has 0 aliphatic carbocycles. The Labute approximate surface area is 624 Å². The highest BCUT2D eigenvalue weighted by atomic mass is 31.2. The Morgan fingerprint density at radius 1 is 0.275 bits per heavy atom. The molecule has 102 heavy (non-hydrogen) atoms. The first kappa shape index (κ1) is 99.3. The lowest BCUT2D eigenvalue weighted by Gasteiger charge is -2.21. The van der Waals surface area contributed by atoms with Crippen molar-refractivity contribution in [1.82, 2.24) is 0 Å². The molecule has 0 bridgehead atoms. The van der Waals surface area contributed by atoms with Crippen LogP contribution in [0, 0.1) is 0 Å². The summed E-state index contributed by atoms with van der Waals surface area (Å²) in [6, 6.07) is 0. The fraction of sp³-hybridized carbons (Fsp3) is 0.880. The van der Waals surface area contributed by atoms with Gasteiger partial charge in [-0.1, -0.05) is 340 Å². The molecule has 0 fully saturated rings. The molecule has 0 aliphatic heterocycles. The molecule has 2 unspecified atom stereocenters. The van der Waals surface area contributed by atoms with E-state index in [4.69, 9.17) is 37.0 Å². The SMILES string of the molecule is CCCCC/C=C\C/C=C\CCCCCCCC(=O)OC[C@H](COP(=O)(O)OC[C@H](O)COP(=O)(O)OC[C@@H](COC(=O)CCCCCCC/C=C\CCCCCCCC)OC(=O)CCCCCCCCCCCCCCCCCCC)OC(=O)CCCCCCCCCCCCCCCCC. The molecule has 0 aromatic rings. The number of aliphatic hydroxyl groups excluding tert-OH is 1. The molecule has 0 aliphatic rings. The van der Waals surface area contributed by atoms with Gasteiger partial charge in [0.05, 0.1) is 26.4 Å². The third kappa shape index (κ3) is 75.5. The average Bonchev–Trinajstić information content (AvgIpc) is 0.922. The first-order chi connectivity index (χ1) is 49.7. The summed E-state index contributed by atoms with van der Waals surface area (Å²) in [5, 5.41) is 10.7. The molecule has 17 nitrogen and oxygen atoms in total. The van der Waals surface area contributed by atoms with Crippen molar-refractivity contribution in [3.63, 3.8) is 0 Å². The number of ether oxygens (including phenoxy) is 4. The van der Waals surface area contributed by atoms with Crippen molar-refractivity contribution in [3.05, 3.63) is 36.5 Å². The summed E-state index contributed by atoms with van der Waals surface area (Å²) in [6.07, 6.45) is 73.9. The number of hydrogen-bond donors (Lipinski definition) is 3. The Hall–Kier alpha value is -2.72. The second-order valence-corrected chi connectivity index (χ2v) is 31.7. The van der Waals surface area contributed by atoms with Gasteiger partial charge in [-0.3, -0.25) is 37.3 Å². The number of phosphoric ester groups is 2. The van der Waals surface area contributed by atoms with E-state index >= 15 is 0 Å². The molecule has 0 saturated heterocycles. The highest BCUT2D eigenvalue weighted by Crippen LogP contribution is 2.45. The fourth-order valence-electron chi connectivity index (χ4n) is 12.1. The maximum absolute atomic E-state index is 13.1. The summed E-state index contributed by atoms with van der Waals surface area (Å²) in [5.74, 6) is -2.15. The third-order valence-corrected chi connectivity index (χ3v) is 20.5. The van der Waals surface area contributed by atoms with Crippen LogP contribution in [0.3, 0.4) is 0 Å². The number of unbranched alkanes of at least 4 members (excludes halogenated alkanes) is 49. The zero-order chi connectivity index (χ0) is 74.6. The Balaban J connectivity index is 5.32. The van der Waals surface area contributed by atoms with Crippen molar-refractivity contribution in [2.75, 3.05) is 39.6 Å². The van der Waals surface area contributed by atoms with Crippen molar-refractivity contribution in [1.29, 1.82) is 0 Å². The quantitative estimate of drug-likeness (QED) is 0.0169. The van der Waals surface area contributed by atoms with E-state index in [2.05, 4.69) is 64.2 Å². The molecule has 5 atom stereocenters. The summed E-state index contributed by atoms with van der Waals surface area (Å²) in [4.78, 5) is 73.1. The number of rotatable bonds is 81. The molecule has 0 aromatic carbocycles. The molecule has 0 amide bonds. The van der Waals surface area contributed by atoms with Crippen LogP contribution in [0.1, 0.15) is 413 Å². The highest BCUT2D eigenvalue weighted by molar-refractivity contribution is 7.47. The van der Waals surface area contributed by atoms with Gasteiger partial charge in [-0.05, 0) is 83.5 Å². The van der Waals surface area contributed by atoms with Crippen molar-refractivity contribution >= 4 is 39.5 Å². The van der Waals surface area contributed by atoms with E-state index in [-0.39, 0.29) is 25.7 Å². The monoisotopic (exact) mass is 1490 g/mol. The Morgan fingerprint density at radius 2 is 0.480 bits per heavy atom. The van der Waals surface area contributed by atoms with Gasteiger partial charge in [0.15, 0.2) is 12.2 Å². The average molecular weight is 1490 g/mol. The minimum Gasteiger partial charge on any atom is -0.462 e. The summed E-state index contributed by atoms with van der Waals surface area (Å²) in [6.45, 7) is 4.95. The molecule has 0 saturated carbocycles. The van der Waals surface area contributed by atoms with Crippen LogP contribution in [0.25, 0.3) is 0 Å². The van der Waals surface area contributed by atoms with Crippen molar-refractivity contribution in [3.8, 4) is 0 Å². The maximum atomic E-state index is 13.1. The fourth-order valence-corrected chi connectivity index (χ4v) is 13.7. The highest BCUT2D eigenvalue weighted by Gasteiger charge is 2.30. The van der Waals surface area contributed by atoms with Crippen LogP contribution in [-0.4, -0.2) is 96.7 Å². The zero-order valence-corrected chi connectivity index (χ0v) is 67.6. The van der Waals surface area contributed by atoms with E-state index in [0.717, 1.165) is 135 Å². The third-order valence-electron chi connectivity index (χ3n) is 18.6. The van der Waals surface area contributed by atoms with E-state index in [1.807, 2.05) is 0 Å². The molecule has 3 N–H and O–H groups in total. The van der Waals surface area contributed by atoms with E-state index in [1.54, 1.807) is 0 Å². The molecule has 0 heterocycles. The number of phosphoric acid groups is 2. The molecule has 0 rings (SSSR count). The largest absolute Gasteiger partial charge is 0.472 e. The molecule has 0 aromatic heterocycles. The predicted molar refractivity (Wildman–Crippen MR) is 418 cm³/mol. The van der Waals surface area contributed by atoms with Crippen LogP contribution < -0.4 is 0 Å². The Morgan fingerprint density at radius 3 is 0.755 bits per heavy atom. The number of carbonyl (C=O) groups excluding carboxylic acids is 4. The molecular weight excluding hydrogens is 1330 g/mol. The van der Waals surface area contributed by atoms with Gasteiger partial charge in [0, 0.05) is 25.7 Å². The van der Waals surface area contributed by atoms with Crippen molar-refractivity contribution < 1.29 is 80.2 Å². The van der Waals surface area contributed by atoms with E-state index in [9.17, 15) is 43.2 Å². The second kappa shape index (κ2) is 76.5. The van der Waals surface area contributed by atoms with Gasteiger partial charge < -0.3 is 33.8 Å². The number of carbonyl (C=O) groups is 4. The molecule has 0 radical (unpaired) electrons. The predicted octanol–water partition coefficient (Wildman–Crippen LogP) is 24.7. The molecule has 19 heteroatoms. The van der Waals surface area contributed by atoms with Crippen LogP contribution in [0.5, 0.6) is 0 Å². The van der Waals surface area contributed by atoms with Crippen LogP contribution >= 0.6 is 15.6 Å². The molecular formula is C83H156O17P2. The van der Waals surface area contributed by atoms with Gasteiger partial charge in [0.2, 0.25) is 0 Å². The zero-order valence-electron chi connectivity index (χ0n) is 65.8. The Bertz CT molecular complexity index is 2070. The topological polar surface area (TPSA) is 237 Å². The van der Waals surface area contributed by atoms with Gasteiger partial charge in [-0.15, -0.1) is 0 Å². The summed E-state index contributed by atoms with van der Waals surface area (Å²) in [5.41, 5.74) is 0. The van der Waals surface area contributed by atoms with Crippen molar-refractivity contribution in [2.24, 2.45) is 0 Å². The molecule has 600 valence electrons. The van der Waals surface area contributed by atoms with Gasteiger partial charge >= 0.3 is 39.5 Å². The number of hydrogen-bond acceptors (Lipinski definition) is 15. The first-order valence-electron chi connectivity index (χ1n) is 42.2. The van der Waals surface area contributed by atoms with Crippen LogP contribution in [0.4, 0.5) is 0 Å². The summed E-state index contributed by atoms with van der Waals surface area (Å²) in [7, 11) is -9.94. The lowest BCUT2D eigenvalue weighted by Crippen LogP contribution is -2.30. The van der Waals surface area contributed by atoms with Crippen LogP contribution in [0.15, 0.2) is 36.5 Å². The van der Waals surface area contributed by atoms with Crippen LogP contribution in [0.2, 0.25) is 0 Å². The maximum Gasteiger partial charge on any atom is 0.472 e. The standard InChI is InChI=1S/C83H156O17P2/c1-5-9-13-17-21-25-29-33-37-38-42-46-50-54-58-62-66-70-83(88)100-79(74-94-81(86)68-64-60-56-52-48-44-40-35-31-27-23-19-15-11-7-3)76-98-102(91,92)96-72-77(84)71-95-101(89,90)97-75-78(99-82(87)69-65-61-57-53-49-45-41-36-32-28-24-20-16-12-8-4)73-93-80(85)67-63-59-55-51-47-43-39-34-30-26-22-18-14-10-6-2/h22,26,34-35,39-40,77-79,84H,5-21,23-25,27-33,36-38,41-76H2,1-4H3,(H,89,90)(H,91,92)/b26-22-,39-34-,40-35-/t77-,78+,79+/m0/s1. The number of aliphatic hydroxyl groups is 1. The smallest absolute Gasteiger partial charge is 0.462 e. The number of esters is 4.